The van der Waals surface area contributed by atoms with Crippen molar-refractivity contribution in [3.63, 3.8) is 0 Å². The molecule has 0 bridgehead atoms. The van der Waals surface area contributed by atoms with Crippen LogP contribution in [0.3, 0.4) is 0 Å². The fourth-order valence-electron chi connectivity index (χ4n) is 1.27. The number of nitrogens with two attached hydrogens (primary N) is 1. The van der Waals surface area contributed by atoms with Crippen LogP contribution in [0.1, 0.15) is 17.9 Å². The van der Waals surface area contributed by atoms with Crippen molar-refractivity contribution >= 4 is 40.6 Å². The summed E-state index contributed by atoms with van der Waals surface area (Å²) in [6, 6.07) is 0. The van der Waals surface area contributed by atoms with Gasteiger partial charge in [-0.1, -0.05) is 23.2 Å². The van der Waals surface area contributed by atoms with Crippen LogP contribution >= 0.6 is 34.5 Å². The van der Waals surface area contributed by atoms with E-state index in [-0.39, 0.29) is 16.4 Å². The van der Waals surface area contributed by atoms with E-state index in [2.05, 4.69) is 4.98 Å². The van der Waals surface area contributed by atoms with Crippen molar-refractivity contribution in [2.45, 2.75) is 19.1 Å². The number of thiazole rings is 1. The highest BCUT2D eigenvalue weighted by Gasteiger charge is 2.28. The maximum Gasteiger partial charge on any atom is 0.404 e. The standard InChI is InChI=1S/C9H12Cl2N2O4S/c1-4(17-9(12)14)5(16-3-15-2)6-7(10)13-8(11)18-6/h4-5H,3H2,1-2H3,(H2,12,14). The fourth-order valence-corrected chi connectivity index (χ4v) is 2.83. The first-order valence-electron chi connectivity index (χ1n) is 4.84. The van der Waals surface area contributed by atoms with E-state index in [1.807, 2.05) is 0 Å². The maximum absolute atomic E-state index is 10.8. The van der Waals surface area contributed by atoms with Crippen LogP contribution in [-0.4, -0.2) is 31.1 Å². The van der Waals surface area contributed by atoms with E-state index in [0.717, 1.165) is 11.3 Å². The first-order valence-corrected chi connectivity index (χ1v) is 6.41. The van der Waals surface area contributed by atoms with Crippen molar-refractivity contribution in [3.8, 4) is 0 Å². The average Bonchev–Trinajstić information content (AvgIpc) is 2.57. The van der Waals surface area contributed by atoms with Crippen molar-refractivity contribution in [2.75, 3.05) is 13.9 Å². The highest BCUT2D eigenvalue weighted by Crippen LogP contribution is 2.36. The third-order valence-corrected chi connectivity index (χ3v) is 3.56. The molecule has 102 valence electrons. The molecule has 0 aromatic carbocycles. The lowest BCUT2D eigenvalue weighted by Crippen LogP contribution is -2.27. The lowest BCUT2D eigenvalue weighted by Gasteiger charge is -2.22. The smallest absolute Gasteiger partial charge is 0.404 e. The van der Waals surface area contributed by atoms with Gasteiger partial charge >= 0.3 is 6.09 Å². The number of methoxy groups -OCH3 is 1. The number of hydrogen-bond donors (Lipinski definition) is 1. The molecule has 1 rings (SSSR count). The van der Waals surface area contributed by atoms with E-state index < -0.39 is 18.3 Å². The topological polar surface area (TPSA) is 83.7 Å². The summed E-state index contributed by atoms with van der Waals surface area (Å²) in [6.07, 6.45) is -2.19. The Kier molecular flexibility index (Phi) is 6.10. The lowest BCUT2D eigenvalue weighted by atomic mass is 10.2. The molecule has 0 radical (unpaired) electrons. The van der Waals surface area contributed by atoms with Crippen molar-refractivity contribution in [1.29, 1.82) is 0 Å². The zero-order chi connectivity index (χ0) is 13.7. The molecule has 1 heterocycles. The molecular weight excluding hydrogens is 303 g/mol. The summed E-state index contributed by atoms with van der Waals surface area (Å²) >= 11 is 12.8. The minimum absolute atomic E-state index is 0.00295. The molecule has 0 aliphatic rings. The van der Waals surface area contributed by atoms with Gasteiger partial charge in [-0.25, -0.2) is 9.78 Å². The van der Waals surface area contributed by atoms with Crippen LogP contribution in [0.15, 0.2) is 0 Å². The quantitative estimate of drug-likeness (QED) is 0.816. The van der Waals surface area contributed by atoms with Gasteiger partial charge in [-0.2, -0.15) is 0 Å². The first-order chi connectivity index (χ1) is 8.45. The summed E-state index contributed by atoms with van der Waals surface area (Å²) in [5.41, 5.74) is 4.96. The number of rotatable bonds is 6. The van der Waals surface area contributed by atoms with Gasteiger partial charge in [0.05, 0.1) is 4.88 Å². The van der Waals surface area contributed by atoms with Crippen LogP contribution in [0.25, 0.3) is 0 Å². The van der Waals surface area contributed by atoms with Crippen molar-refractivity contribution in [1.82, 2.24) is 4.98 Å². The SMILES string of the molecule is COCOC(c1sc(Cl)nc1Cl)C(C)OC(N)=O. The summed E-state index contributed by atoms with van der Waals surface area (Å²) in [5, 5.41) is 0.200. The second kappa shape index (κ2) is 7.10. The van der Waals surface area contributed by atoms with Gasteiger partial charge < -0.3 is 19.9 Å². The fraction of sp³-hybridized carbons (Fsp3) is 0.556. The van der Waals surface area contributed by atoms with E-state index in [4.69, 9.17) is 43.1 Å². The van der Waals surface area contributed by atoms with E-state index >= 15 is 0 Å². The highest BCUT2D eigenvalue weighted by molar-refractivity contribution is 7.16. The van der Waals surface area contributed by atoms with Crippen LogP contribution in [0.2, 0.25) is 9.62 Å². The number of halogens is 2. The molecule has 1 aromatic heterocycles. The molecule has 9 heteroatoms. The maximum atomic E-state index is 10.8. The molecule has 2 atom stereocenters. The van der Waals surface area contributed by atoms with Crippen molar-refractivity contribution in [3.05, 3.63) is 14.5 Å². The van der Waals surface area contributed by atoms with E-state index in [0.29, 0.717) is 4.88 Å². The first kappa shape index (κ1) is 15.5. The minimum Gasteiger partial charge on any atom is -0.444 e. The molecule has 0 spiro atoms. The minimum atomic E-state index is -0.903. The molecule has 0 fully saturated rings. The number of ether oxygens (including phenoxy) is 3. The van der Waals surface area contributed by atoms with Crippen molar-refractivity contribution < 1.29 is 19.0 Å². The second-order valence-corrected chi connectivity index (χ2v) is 5.23. The Bertz CT molecular complexity index is 415. The summed E-state index contributed by atoms with van der Waals surface area (Å²) in [5.74, 6) is 0. The summed E-state index contributed by atoms with van der Waals surface area (Å²) in [6.45, 7) is 1.62. The zero-order valence-electron chi connectivity index (χ0n) is 9.68. The van der Waals surface area contributed by atoms with Crippen LogP contribution in [0, 0.1) is 0 Å². The number of amides is 1. The van der Waals surface area contributed by atoms with Gasteiger partial charge in [-0.05, 0) is 6.92 Å². The number of hydrogen-bond acceptors (Lipinski definition) is 6. The second-order valence-electron chi connectivity index (χ2n) is 3.26. The molecule has 2 unspecified atom stereocenters. The Morgan fingerprint density at radius 3 is 2.67 bits per heavy atom. The summed E-state index contributed by atoms with van der Waals surface area (Å²) < 4.78 is 15.4. The summed E-state index contributed by atoms with van der Waals surface area (Å²) in [7, 11) is 1.47. The molecule has 2 N–H and O–H groups in total. The predicted molar refractivity (Wildman–Crippen MR) is 68.0 cm³/mol. The highest BCUT2D eigenvalue weighted by atomic mass is 35.5. The normalized spacial score (nSPS) is 14.2. The Balaban J connectivity index is 2.89. The van der Waals surface area contributed by atoms with Crippen molar-refractivity contribution in [2.24, 2.45) is 5.73 Å². The van der Waals surface area contributed by atoms with Gasteiger partial charge in [0.25, 0.3) is 0 Å². The molecule has 18 heavy (non-hydrogen) atoms. The number of aromatic nitrogens is 1. The molecule has 6 nitrogen and oxygen atoms in total. The third kappa shape index (κ3) is 4.25. The molecule has 0 aliphatic carbocycles. The van der Waals surface area contributed by atoms with E-state index in [9.17, 15) is 4.79 Å². The number of primary amides is 1. The molecule has 0 saturated heterocycles. The largest absolute Gasteiger partial charge is 0.444 e. The van der Waals surface area contributed by atoms with E-state index in [1.54, 1.807) is 6.92 Å². The Morgan fingerprint density at radius 2 is 2.22 bits per heavy atom. The van der Waals surface area contributed by atoms with Gasteiger partial charge in [0.15, 0.2) is 4.47 Å². The van der Waals surface area contributed by atoms with Gasteiger partial charge in [-0.15, -0.1) is 11.3 Å². The molecule has 0 aliphatic heterocycles. The number of nitrogens with zero attached hydrogens (tertiary/aromatic N) is 1. The number of carbonyl (C=O) groups excluding carboxylic acids is 1. The van der Waals surface area contributed by atoms with Gasteiger partial charge in [0, 0.05) is 7.11 Å². The van der Waals surface area contributed by atoms with Crippen LogP contribution in [-0.2, 0) is 14.2 Å². The predicted octanol–water partition coefficient (Wildman–Crippen LogP) is 2.60. The van der Waals surface area contributed by atoms with Crippen LogP contribution < -0.4 is 5.73 Å². The molecule has 1 aromatic rings. The Morgan fingerprint density at radius 1 is 1.56 bits per heavy atom. The molecule has 1 amide bonds. The van der Waals surface area contributed by atoms with Gasteiger partial charge in [0.2, 0.25) is 0 Å². The Labute approximate surface area is 118 Å². The third-order valence-electron chi connectivity index (χ3n) is 1.94. The number of carbonyl (C=O) groups is 1. The van der Waals surface area contributed by atoms with Gasteiger partial charge in [0.1, 0.15) is 24.2 Å². The molecular formula is C9H12Cl2N2O4S. The van der Waals surface area contributed by atoms with Crippen LogP contribution in [0.5, 0.6) is 0 Å². The Hall–Kier alpha value is -0.600. The van der Waals surface area contributed by atoms with E-state index in [1.165, 1.54) is 7.11 Å². The van der Waals surface area contributed by atoms with Crippen LogP contribution in [0.4, 0.5) is 4.79 Å². The zero-order valence-corrected chi connectivity index (χ0v) is 12.0. The lowest BCUT2D eigenvalue weighted by molar-refractivity contribution is -0.110. The average molecular weight is 315 g/mol. The summed E-state index contributed by atoms with van der Waals surface area (Å²) in [4.78, 5) is 15.2. The van der Waals surface area contributed by atoms with Gasteiger partial charge in [-0.3, -0.25) is 0 Å². The molecule has 0 saturated carbocycles. The monoisotopic (exact) mass is 314 g/mol.